The zero-order valence-corrected chi connectivity index (χ0v) is 14.7. The molecule has 2 aromatic heterocycles. The van der Waals surface area contributed by atoms with E-state index in [1.165, 1.54) is 12.5 Å². The summed E-state index contributed by atoms with van der Waals surface area (Å²) in [4.78, 5) is 30.9. The minimum atomic E-state index is -2.70. The number of hydrogen-bond acceptors (Lipinski definition) is 7. The molecule has 1 saturated heterocycles. The lowest BCUT2D eigenvalue weighted by atomic mass is 9.90. The molecule has 0 spiro atoms. The van der Waals surface area contributed by atoms with E-state index < -0.39 is 18.3 Å². The second kappa shape index (κ2) is 7.10. The quantitative estimate of drug-likeness (QED) is 0.838. The van der Waals surface area contributed by atoms with E-state index in [1.807, 2.05) is 0 Å². The van der Waals surface area contributed by atoms with Gasteiger partial charge in [-0.3, -0.25) is 9.78 Å². The summed E-state index contributed by atoms with van der Waals surface area (Å²) in [6, 6.07) is 0.232. The number of anilines is 2. The van der Waals surface area contributed by atoms with Crippen LogP contribution in [0.15, 0.2) is 18.7 Å². The molecule has 10 heteroatoms. The maximum atomic E-state index is 13.6. The van der Waals surface area contributed by atoms with Gasteiger partial charge in [0.05, 0.1) is 24.0 Å². The van der Waals surface area contributed by atoms with Crippen molar-refractivity contribution in [3.8, 4) is 11.4 Å². The van der Waals surface area contributed by atoms with Crippen molar-refractivity contribution in [3.05, 3.63) is 24.3 Å². The SMILES string of the molecule is C[C@@H]1CNCCN1c1cncc(-c2ncnc3c2[C@H](C(F)F)CC(=O)N3)n1. The summed E-state index contributed by atoms with van der Waals surface area (Å²) in [5, 5.41) is 5.86. The lowest BCUT2D eigenvalue weighted by Gasteiger charge is -2.34. The van der Waals surface area contributed by atoms with Crippen LogP contribution >= 0.6 is 0 Å². The standard InChI is InChI=1S/C17H19F2N7O/c1-9-5-20-2-3-26(9)12-7-21-6-11(24-12)15-14-10(16(18)19)4-13(27)25-17(14)23-8-22-15/h6-10,16,20H,2-5H2,1H3,(H,22,23,25,27)/t9-,10-/m1/s1. The van der Waals surface area contributed by atoms with Gasteiger partial charge in [-0.2, -0.15) is 0 Å². The fourth-order valence-electron chi connectivity index (χ4n) is 3.54. The Morgan fingerprint density at radius 1 is 1.30 bits per heavy atom. The molecule has 4 rings (SSSR count). The predicted molar refractivity (Wildman–Crippen MR) is 94.7 cm³/mol. The first kappa shape index (κ1) is 17.7. The number of halogens is 2. The summed E-state index contributed by atoms with van der Waals surface area (Å²) in [5.41, 5.74) is 0.882. The average molecular weight is 375 g/mol. The fourth-order valence-corrected chi connectivity index (χ4v) is 3.54. The van der Waals surface area contributed by atoms with E-state index in [0.29, 0.717) is 11.5 Å². The highest BCUT2D eigenvalue weighted by atomic mass is 19.3. The zero-order chi connectivity index (χ0) is 19.0. The summed E-state index contributed by atoms with van der Waals surface area (Å²) in [5.74, 6) is -0.966. The maximum absolute atomic E-state index is 13.6. The zero-order valence-electron chi connectivity index (χ0n) is 14.7. The highest BCUT2D eigenvalue weighted by Gasteiger charge is 2.36. The van der Waals surface area contributed by atoms with E-state index in [9.17, 15) is 13.6 Å². The van der Waals surface area contributed by atoms with Gasteiger partial charge >= 0.3 is 0 Å². The van der Waals surface area contributed by atoms with Crippen molar-refractivity contribution in [2.75, 3.05) is 29.9 Å². The number of carbonyl (C=O) groups excluding carboxylic acids is 1. The third-order valence-electron chi connectivity index (χ3n) is 4.88. The van der Waals surface area contributed by atoms with Gasteiger partial charge in [-0.25, -0.2) is 23.7 Å². The monoisotopic (exact) mass is 375 g/mol. The van der Waals surface area contributed by atoms with Gasteiger partial charge in [0.2, 0.25) is 12.3 Å². The first-order chi connectivity index (χ1) is 13.0. The van der Waals surface area contributed by atoms with Crippen molar-refractivity contribution in [1.29, 1.82) is 0 Å². The highest BCUT2D eigenvalue weighted by Crippen LogP contribution is 2.40. The fraction of sp³-hybridized carbons (Fsp3) is 0.471. The van der Waals surface area contributed by atoms with Gasteiger partial charge in [-0.15, -0.1) is 0 Å². The van der Waals surface area contributed by atoms with Crippen LogP contribution < -0.4 is 15.5 Å². The minimum Gasteiger partial charge on any atom is -0.350 e. The summed E-state index contributed by atoms with van der Waals surface area (Å²) < 4.78 is 27.2. The molecule has 0 saturated carbocycles. The van der Waals surface area contributed by atoms with Crippen LogP contribution in [0.4, 0.5) is 20.4 Å². The second-order valence-electron chi connectivity index (χ2n) is 6.69. The smallest absolute Gasteiger partial charge is 0.246 e. The topological polar surface area (TPSA) is 95.9 Å². The van der Waals surface area contributed by atoms with E-state index in [0.717, 1.165) is 19.6 Å². The number of nitrogens with zero attached hydrogens (tertiary/aromatic N) is 5. The van der Waals surface area contributed by atoms with E-state index >= 15 is 0 Å². The van der Waals surface area contributed by atoms with Crippen LogP contribution in [0.1, 0.15) is 24.8 Å². The summed E-state index contributed by atoms with van der Waals surface area (Å²) in [6.45, 7) is 4.51. The molecule has 2 atom stereocenters. The second-order valence-corrected chi connectivity index (χ2v) is 6.69. The Kier molecular flexibility index (Phi) is 4.65. The van der Waals surface area contributed by atoms with Gasteiger partial charge in [-0.05, 0) is 6.92 Å². The molecule has 0 unspecified atom stereocenters. The predicted octanol–water partition coefficient (Wildman–Crippen LogP) is 1.42. The van der Waals surface area contributed by atoms with Crippen LogP contribution in [0.5, 0.6) is 0 Å². The summed E-state index contributed by atoms with van der Waals surface area (Å²) in [6.07, 6.45) is 1.38. The molecule has 2 aromatic rings. The molecule has 2 aliphatic heterocycles. The number of carbonyl (C=O) groups is 1. The molecule has 0 radical (unpaired) electrons. The number of piperazine rings is 1. The van der Waals surface area contributed by atoms with Crippen LogP contribution in [0.25, 0.3) is 11.4 Å². The highest BCUT2D eigenvalue weighted by molar-refractivity contribution is 5.95. The van der Waals surface area contributed by atoms with Crippen molar-refractivity contribution in [1.82, 2.24) is 25.3 Å². The van der Waals surface area contributed by atoms with Gasteiger partial charge in [0, 0.05) is 37.7 Å². The minimum absolute atomic E-state index is 0.115. The molecule has 8 nitrogen and oxygen atoms in total. The van der Waals surface area contributed by atoms with Crippen molar-refractivity contribution < 1.29 is 13.6 Å². The van der Waals surface area contributed by atoms with Gasteiger partial charge in [-0.1, -0.05) is 0 Å². The van der Waals surface area contributed by atoms with E-state index in [4.69, 9.17) is 0 Å². The first-order valence-electron chi connectivity index (χ1n) is 8.77. The van der Waals surface area contributed by atoms with Crippen molar-refractivity contribution in [3.63, 3.8) is 0 Å². The molecule has 0 aromatic carbocycles. The third-order valence-corrected chi connectivity index (χ3v) is 4.88. The molecule has 0 aliphatic carbocycles. The van der Waals surface area contributed by atoms with Gasteiger partial charge in [0.1, 0.15) is 23.7 Å². The Labute approximate surface area is 154 Å². The van der Waals surface area contributed by atoms with Crippen molar-refractivity contribution in [2.24, 2.45) is 0 Å². The molecule has 4 heterocycles. The lowest BCUT2D eigenvalue weighted by Crippen LogP contribution is -2.50. The van der Waals surface area contributed by atoms with Gasteiger partial charge in [0.15, 0.2) is 0 Å². The molecule has 142 valence electrons. The number of fused-ring (bicyclic) bond motifs is 1. The average Bonchev–Trinajstić information content (AvgIpc) is 2.67. The Bertz CT molecular complexity index is 863. The number of alkyl halides is 2. The molecular formula is C17H19F2N7O. The number of hydrogen-bond donors (Lipinski definition) is 2. The molecule has 2 aliphatic rings. The molecule has 27 heavy (non-hydrogen) atoms. The van der Waals surface area contributed by atoms with Crippen LogP contribution in [0, 0.1) is 0 Å². The van der Waals surface area contributed by atoms with E-state index in [1.54, 1.807) is 6.20 Å². The Morgan fingerprint density at radius 2 is 2.15 bits per heavy atom. The Balaban J connectivity index is 1.78. The van der Waals surface area contributed by atoms with E-state index in [-0.39, 0.29) is 29.5 Å². The van der Waals surface area contributed by atoms with Crippen LogP contribution in [-0.2, 0) is 4.79 Å². The largest absolute Gasteiger partial charge is 0.350 e. The summed E-state index contributed by atoms with van der Waals surface area (Å²) >= 11 is 0. The Morgan fingerprint density at radius 3 is 2.93 bits per heavy atom. The van der Waals surface area contributed by atoms with Crippen LogP contribution in [0.3, 0.4) is 0 Å². The Hall–Kier alpha value is -2.75. The molecule has 1 amide bonds. The van der Waals surface area contributed by atoms with Crippen LogP contribution in [0.2, 0.25) is 0 Å². The third kappa shape index (κ3) is 3.32. The first-order valence-corrected chi connectivity index (χ1v) is 8.77. The van der Waals surface area contributed by atoms with E-state index in [2.05, 4.69) is 42.4 Å². The number of nitrogens with one attached hydrogen (secondary N) is 2. The molecule has 0 bridgehead atoms. The molecular weight excluding hydrogens is 356 g/mol. The molecule has 1 fully saturated rings. The van der Waals surface area contributed by atoms with Crippen LogP contribution in [-0.4, -0.2) is 57.9 Å². The summed E-state index contributed by atoms with van der Waals surface area (Å²) in [7, 11) is 0. The number of rotatable bonds is 3. The van der Waals surface area contributed by atoms with Crippen molar-refractivity contribution in [2.45, 2.75) is 31.7 Å². The lowest BCUT2D eigenvalue weighted by molar-refractivity contribution is -0.117. The number of aromatic nitrogens is 4. The maximum Gasteiger partial charge on any atom is 0.246 e. The molecule has 2 N–H and O–H groups in total. The van der Waals surface area contributed by atoms with Gasteiger partial charge in [0.25, 0.3) is 0 Å². The number of amides is 1. The normalized spacial score (nSPS) is 22.5. The van der Waals surface area contributed by atoms with Crippen molar-refractivity contribution >= 4 is 17.5 Å². The van der Waals surface area contributed by atoms with Gasteiger partial charge < -0.3 is 15.5 Å².